The van der Waals surface area contributed by atoms with Gasteiger partial charge in [-0.2, -0.15) is 0 Å². The van der Waals surface area contributed by atoms with Crippen molar-refractivity contribution in [1.29, 1.82) is 0 Å². The van der Waals surface area contributed by atoms with E-state index in [1.54, 1.807) is 45.3 Å². The maximum atomic E-state index is 5.36. The molecule has 43 heavy (non-hydrogen) atoms. The van der Waals surface area contributed by atoms with Gasteiger partial charge in [0.2, 0.25) is 0 Å². The van der Waals surface area contributed by atoms with Crippen molar-refractivity contribution in [3.63, 3.8) is 0 Å². The van der Waals surface area contributed by atoms with E-state index in [0.29, 0.717) is 5.92 Å². The number of allylic oxidation sites excluding steroid dienone is 1. The van der Waals surface area contributed by atoms with Gasteiger partial charge in [-0.1, -0.05) is 36.1 Å². The quantitative estimate of drug-likeness (QED) is 0.111. The van der Waals surface area contributed by atoms with Gasteiger partial charge < -0.3 is 14.7 Å². The lowest BCUT2D eigenvalue weighted by Crippen LogP contribution is -2.28. The second-order valence-corrected chi connectivity index (χ2v) is 18.0. The first-order chi connectivity index (χ1) is 20.8. The maximum Gasteiger partial charge on any atom is 0.187 e. The molecule has 0 spiro atoms. The lowest BCUT2D eigenvalue weighted by molar-refractivity contribution is 0.683. The van der Waals surface area contributed by atoms with E-state index < -0.39 is 9.21 Å². The monoisotopic (exact) mass is 670 g/mol. The van der Waals surface area contributed by atoms with Crippen molar-refractivity contribution >= 4 is 80.5 Å². The Morgan fingerprint density at radius 1 is 0.953 bits per heavy atom. The molecule has 4 aromatic heterocycles. The molecule has 1 unspecified atom stereocenters. The van der Waals surface area contributed by atoms with Crippen LogP contribution in [-0.2, 0) is 12.8 Å². The fourth-order valence-electron chi connectivity index (χ4n) is 5.53. The highest BCUT2D eigenvalue weighted by Gasteiger charge is 2.39. The van der Waals surface area contributed by atoms with E-state index in [2.05, 4.69) is 84.2 Å². The van der Waals surface area contributed by atoms with Crippen LogP contribution in [0.2, 0.25) is 0 Å². The van der Waals surface area contributed by atoms with Crippen molar-refractivity contribution in [1.82, 2.24) is 19.9 Å². The molecular formula is C31H40N7S5. The zero-order valence-corrected chi connectivity index (χ0v) is 29.7. The number of aromatic nitrogens is 4. The Labute approximate surface area is 272 Å². The molecule has 2 aliphatic rings. The van der Waals surface area contributed by atoms with Crippen LogP contribution in [0.5, 0.6) is 0 Å². The van der Waals surface area contributed by atoms with E-state index in [1.807, 2.05) is 6.08 Å². The van der Waals surface area contributed by atoms with E-state index in [-0.39, 0.29) is 0 Å². The van der Waals surface area contributed by atoms with Crippen molar-refractivity contribution in [2.45, 2.75) is 69.3 Å². The van der Waals surface area contributed by atoms with Crippen LogP contribution in [0.4, 0.5) is 16.1 Å². The lowest BCUT2D eigenvalue weighted by Gasteiger charge is -2.25. The van der Waals surface area contributed by atoms with Crippen LogP contribution in [-0.4, -0.2) is 57.0 Å². The third kappa shape index (κ3) is 5.81. The lowest BCUT2D eigenvalue weighted by atomic mass is 10.1. The number of aryl methyl sites for hydroxylation is 1. The molecule has 1 fully saturated rings. The summed E-state index contributed by atoms with van der Waals surface area (Å²) in [6.45, 7) is 15.3. The zero-order valence-electron chi connectivity index (χ0n) is 25.6. The van der Waals surface area contributed by atoms with E-state index in [0.717, 1.165) is 75.6 Å². The third-order valence-corrected chi connectivity index (χ3v) is 15.2. The highest BCUT2D eigenvalue weighted by atomic mass is 32.2. The Morgan fingerprint density at radius 3 is 2.40 bits per heavy atom. The first-order valence-electron chi connectivity index (χ1n) is 14.9. The number of thiazole rings is 4. The molecule has 0 saturated carbocycles. The largest absolute Gasteiger partial charge is 0.354 e. The maximum absolute atomic E-state index is 5.36. The summed E-state index contributed by atoms with van der Waals surface area (Å²) in [7, 11) is 2.11. The summed E-state index contributed by atoms with van der Waals surface area (Å²) in [6, 6.07) is 0. The van der Waals surface area contributed by atoms with Crippen molar-refractivity contribution < 1.29 is 0 Å². The van der Waals surface area contributed by atoms with Gasteiger partial charge in [0.05, 0.1) is 27.2 Å². The zero-order chi connectivity index (χ0) is 30.1. The molecule has 2 aliphatic heterocycles. The van der Waals surface area contributed by atoms with Gasteiger partial charge in [0.1, 0.15) is 15.9 Å². The van der Waals surface area contributed by atoms with Crippen molar-refractivity contribution in [2.24, 2.45) is 5.92 Å². The molecule has 4 aromatic rings. The molecule has 6 rings (SSSR count). The number of hydrogen-bond donors (Lipinski definition) is 0. The molecule has 229 valence electrons. The predicted molar refractivity (Wildman–Crippen MR) is 192 cm³/mol. The summed E-state index contributed by atoms with van der Waals surface area (Å²) < 4.78 is 0. The van der Waals surface area contributed by atoms with Crippen LogP contribution in [0, 0.1) is 12.5 Å². The minimum Gasteiger partial charge on any atom is -0.354 e. The fourth-order valence-corrected chi connectivity index (χ4v) is 13.8. The third-order valence-electron chi connectivity index (χ3n) is 7.48. The van der Waals surface area contributed by atoms with Gasteiger partial charge >= 0.3 is 0 Å². The van der Waals surface area contributed by atoms with Crippen LogP contribution in [0.25, 0.3) is 0 Å². The number of hydrogen-bond acceptors (Lipinski definition) is 11. The van der Waals surface area contributed by atoms with Gasteiger partial charge in [0.15, 0.2) is 10.3 Å². The van der Waals surface area contributed by atoms with E-state index >= 15 is 0 Å². The van der Waals surface area contributed by atoms with Crippen LogP contribution >= 0.6 is 54.6 Å². The Kier molecular flexibility index (Phi) is 9.30. The highest BCUT2D eigenvalue weighted by Crippen LogP contribution is 2.55. The first-order valence-corrected chi connectivity index (χ1v) is 20.0. The highest BCUT2D eigenvalue weighted by molar-refractivity contribution is 8.31. The summed E-state index contributed by atoms with van der Waals surface area (Å²) >= 11 is 6.94. The first kappa shape index (κ1) is 30.8. The van der Waals surface area contributed by atoms with Gasteiger partial charge in [-0.15, -0.1) is 51.9 Å². The molecule has 7 nitrogen and oxygen atoms in total. The van der Waals surface area contributed by atoms with Crippen molar-refractivity contribution in [2.75, 3.05) is 41.9 Å². The Morgan fingerprint density at radius 2 is 1.70 bits per heavy atom. The summed E-state index contributed by atoms with van der Waals surface area (Å²) in [5.41, 5.74) is 1.04. The summed E-state index contributed by atoms with van der Waals surface area (Å²) in [6.07, 6.45) is 8.14. The molecule has 6 heterocycles. The fraction of sp³-hybridized carbons (Fsp3) is 0.452. The van der Waals surface area contributed by atoms with Crippen LogP contribution in [0.15, 0.2) is 44.2 Å². The average Bonchev–Trinajstić information content (AvgIpc) is 3.79. The van der Waals surface area contributed by atoms with Crippen LogP contribution in [0.1, 0.15) is 62.2 Å². The topological polar surface area (TPSA) is 61.3 Å². The molecule has 0 bridgehead atoms. The molecule has 12 heteroatoms. The second-order valence-electron chi connectivity index (χ2n) is 11.5. The van der Waals surface area contributed by atoms with E-state index in [9.17, 15) is 0 Å². The summed E-state index contributed by atoms with van der Waals surface area (Å²) in [5, 5.41) is 15.6. The number of rotatable bonds is 12. The van der Waals surface area contributed by atoms with Gasteiger partial charge in [-0.25, -0.2) is 19.9 Å². The molecular weight excluding hydrogens is 631 g/mol. The van der Waals surface area contributed by atoms with Crippen LogP contribution < -0.4 is 14.7 Å². The predicted octanol–water partition coefficient (Wildman–Crippen LogP) is 8.16. The Balaban J connectivity index is 1.68. The van der Waals surface area contributed by atoms with Gasteiger partial charge in [0.25, 0.3) is 0 Å². The standard InChI is InChI=1S/C31H40N7S5/c1-7-11-25-32-22(17-39-25)23-16-38(24-18-41-31(33-24)37-13-9-10-14-37)29(15-21(3)4)43(23,27-19-40-26(34-27)12-8-2)28-20-42-30(35-28)36(5)6/h8,16-21H,2,7,9-15H2,1,3-6H3. The Bertz CT molecular complexity index is 1710. The van der Waals surface area contributed by atoms with E-state index in [4.69, 9.17) is 19.9 Å². The minimum absolute atomic E-state index is 0.429. The van der Waals surface area contributed by atoms with Gasteiger partial charge in [-0.05, 0) is 38.0 Å². The van der Waals surface area contributed by atoms with Crippen molar-refractivity contribution in [3.8, 4) is 0 Å². The molecule has 1 atom stereocenters. The molecule has 0 amide bonds. The Hall–Kier alpha value is -2.25. The molecule has 1 saturated heterocycles. The molecule has 0 aliphatic carbocycles. The molecule has 0 aromatic carbocycles. The summed E-state index contributed by atoms with van der Waals surface area (Å²) in [5.74, 6) is 1.42. The smallest absolute Gasteiger partial charge is 0.187 e. The number of nitrogens with zero attached hydrogens (tertiary/aromatic N) is 7. The van der Waals surface area contributed by atoms with Crippen molar-refractivity contribution in [3.05, 3.63) is 56.4 Å². The second kappa shape index (κ2) is 13.0. The normalized spacial score (nSPS) is 18.9. The molecule has 0 N–H and O–H groups in total. The van der Waals surface area contributed by atoms with Crippen LogP contribution in [0.3, 0.4) is 0 Å². The van der Waals surface area contributed by atoms with E-state index in [1.165, 1.54) is 27.7 Å². The SMILES string of the molecule is C=CCc1nc(S2(c3csc(N(C)C)n3)=C(c3csc(CCC)n3)[CH]N(c3csc(N4CCCC4)n3)C=2CC(C)C)cs1. The minimum atomic E-state index is -2.03. The van der Waals surface area contributed by atoms with Gasteiger partial charge in [-0.3, -0.25) is 0 Å². The average molecular weight is 671 g/mol. The summed E-state index contributed by atoms with van der Waals surface area (Å²) in [4.78, 5) is 30.7. The molecule has 1 radical (unpaired) electrons. The number of anilines is 3. The van der Waals surface area contributed by atoms with Gasteiger partial charge in [0, 0.05) is 60.0 Å².